The summed E-state index contributed by atoms with van der Waals surface area (Å²) in [5.41, 5.74) is 4.77. The Bertz CT molecular complexity index is 1770. The molecule has 2 N–H and O–H groups in total. The fraction of sp³-hybridized carbons (Fsp3) is 0.179. The summed E-state index contributed by atoms with van der Waals surface area (Å²) in [4.78, 5) is 2.04. The van der Waals surface area contributed by atoms with Gasteiger partial charge in [-0.05, 0) is 86.8 Å². The zero-order chi connectivity index (χ0) is 30.1. The van der Waals surface area contributed by atoms with E-state index >= 15 is 0 Å². The highest BCUT2D eigenvalue weighted by Crippen LogP contribution is 2.58. The molecule has 2 nitrogen and oxygen atoms in total. The van der Waals surface area contributed by atoms with Gasteiger partial charge in [0.05, 0.1) is 5.41 Å². The van der Waals surface area contributed by atoms with Crippen LogP contribution in [0.5, 0.6) is 11.5 Å². The van der Waals surface area contributed by atoms with Gasteiger partial charge < -0.3 is 10.2 Å². The van der Waals surface area contributed by atoms with Crippen LogP contribution in [0.25, 0.3) is 22.9 Å². The standard InChI is InChI=1S/C39H38O2S/c1-7-26-15-12-18-34(32(26)9-3)39(38(4,5)6,35-19-13-16-28-14-10-11-17-33(28)35)36-25-31(24-27(8-2)37(36)41)42-30-22-20-29(40)21-23-30/h7,9-25,40-41H,1,3,8H2,2,4-6H3. The minimum Gasteiger partial charge on any atom is -0.508 e. The van der Waals surface area contributed by atoms with Gasteiger partial charge in [0.1, 0.15) is 11.5 Å². The maximum absolute atomic E-state index is 12.2. The first-order valence-electron chi connectivity index (χ1n) is 14.4. The third kappa shape index (κ3) is 4.92. The molecule has 3 heteroatoms. The molecular weight excluding hydrogens is 532 g/mol. The van der Waals surface area contributed by atoms with Gasteiger partial charge in [0.15, 0.2) is 0 Å². The molecule has 5 rings (SSSR count). The highest BCUT2D eigenvalue weighted by Gasteiger charge is 2.50. The zero-order valence-corrected chi connectivity index (χ0v) is 25.6. The number of aryl methyl sites for hydroxylation is 1. The summed E-state index contributed by atoms with van der Waals surface area (Å²) in [6.45, 7) is 17.2. The van der Waals surface area contributed by atoms with Gasteiger partial charge in [0.2, 0.25) is 0 Å². The van der Waals surface area contributed by atoms with Crippen LogP contribution in [-0.2, 0) is 11.8 Å². The number of phenols is 2. The van der Waals surface area contributed by atoms with Gasteiger partial charge >= 0.3 is 0 Å². The van der Waals surface area contributed by atoms with E-state index in [-0.39, 0.29) is 5.75 Å². The molecule has 0 aliphatic rings. The van der Waals surface area contributed by atoms with Crippen LogP contribution in [0.15, 0.2) is 120 Å². The molecule has 212 valence electrons. The van der Waals surface area contributed by atoms with E-state index in [9.17, 15) is 10.2 Å². The van der Waals surface area contributed by atoms with Crippen molar-refractivity contribution < 1.29 is 10.2 Å². The SMILES string of the molecule is C=Cc1cccc(C(c2cc(Sc3ccc(O)cc3)cc(CC)c2O)(c2cccc3ccccc23)C(C)(C)C)c1C=C. The van der Waals surface area contributed by atoms with Crippen molar-refractivity contribution in [3.63, 3.8) is 0 Å². The second-order valence-corrected chi connectivity index (χ2v) is 12.8. The van der Waals surface area contributed by atoms with E-state index < -0.39 is 10.8 Å². The quantitative estimate of drug-likeness (QED) is 0.182. The van der Waals surface area contributed by atoms with E-state index in [4.69, 9.17) is 0 Å². The maximum Gasteiger partial charge on any atom is 0.123 e. The van der Waals surface area contributed by atoms with Crippen LogP contribution in [0.2, 0.25) is 0 Å². The Morgan fingerprint density at radius 3 is 2.05 bits per heavy atom. The van der Waals surface area contributed by atoms with Crippen molar-refractivity contribution in [2.45, 2.75) is 49.3 Å². The lowest BCUT2D eigenvalue weighted by atomic mass is 9.54. The van der Waals surface area contributed by atoms with Crippen LogP contribution in [0.4, 0.5) is 0 Å². The average Bonchev–Trinajstić information content (AvgIpc) is 2.99. The summed E-state index contributed by atoms with van der Waals surface area (Å²) in [7, 11) is 0. The van der Waals surface area contributed by atoms with E-state index in [1.54, 1.807) is 23.9 Å². The van der Waals surface area contributed by atoms with Crippen molar-refractivity contribution in [2.75, 3.05) is 0 Å². The average molecular weight is 571 g/mol. The van der Waals surface area contributed by atoms with Gasteiger partial charge in [0, 0.05) is 15.4 Å². The molecule has 5 aromatic carbocycles. The van der Waals surface area contributed by atoms with Crippen LogP contribution >= 0.6 is 11.8 Å². The number of fused-ring (bicyclic) bond motifs is 1. The van der Waals surface area contributed by atoms with Crippen LogP contribution in [0.1, 0.15) is 61.1 Å². The lowest BCUT2D eigenvalue weighted by molar-refractivity contribution is 0.265. The van der Waals surface area contributed by atoms with Gasteiger partial charge in [-0.3, -0.25) is 0 Å². The minimum absolute atomic E-state index is 0.238. The van der Waals surface area contributed by atoms with E-state index in [0.29, 0.717) is 12.2 Å². The molecule has 1 atom stereocenters. The second-order valence-electron chi connectivity index (χ2n) is 11.7. The van der Waals surface area contributed by atoms with Crippen molar-refractivity contribution in [3.05, 3.63) is 144 Å². The van der Waals surface area contributed by atoms with Crippen LogP contribution in [0, 0.1) is 5.41 Å². The van der Waals surface area contributed by atoms with Gasteiger partial charge in [-0.15, -0.1) is 0 Å². The second kappa shape index (κ2) is 11.6. The normalized spacial score (nSPS) is 13.0. The highest BCUT2D eigenvalue weighted by molar-refractivity contribution is 7.99. The molecule has 0 saturated heterocycles. The molecule has 0 aliphatic carbocycles. The van der Waals surface area contributed by atoms with E-state index in [1.807, 2.05) is 24.3 Å². The smallest absolute Gasteiger partial charge is 0.123 e. The number of rotatable bonds is 8. The lowest BCUT2D eigenvalue weighted by Gasteiger charge is -2.48. The molecule has 5 aromatic rings. The number of hydrogen-bond donors (Lipinski definition) is 2. The first-order chi connectivity index (χ1) is 20.1. The first-order valence-corrected chi connectivity index (χ1v) is 15.2. The van der Waals surface area contributed by atoms with E-state index in [0.717, 1.165) is 53.9 Å². The monoisotopic (exact) mass is 570 g/mol. The van der Waals surface area contributed by atoms with Crippen molar-refractivity contribution in [2.24, 2.45) is 5.41 Å². The predicted octanol–water partition coefficient (Wildman–Crippen LogP) is 10.6. The van der Waals surface area contributed by atoms with Crippen LogP contribution in [-0.4, -0.2) is 10.2 Å². The van der Waals surface area contributed by atoms with Gasteiger partial charge in [-0.2, -0.15) is 0 Å². The van der Waals surface area contributed by atoms with Crippen molar-refractivity contribution in [1.82, 2.24) is 0 Å². The summed E-state index contributed by atoms with van der Waals surface area (Å²) in [6.07, 6.45) is 4.48. The molecule has 0 bridgehead atoms. The summed E-state index contributed by atoms with van der Waals surface area (Å²) in [6, 6.07) is 32.8. The largest absolute Gasteiger partial charge is 0.508 e. The maximum atomic E-state index is 12.2. The fourth-order valence-corrected chi connectivity index (χ4v) is 7.37. The van der Waals surface area contributed by atoms with Crippen molar-refractivity contribution >= 4 is 34.7 Å². The molecule has 0 radical (unpaired) electrons. The van der Waals surface area contributed by atoms with Gasteiger partial charge in [-0.1, -0.05) is 125 Å². The van der Waals surface area contributed by atoms with Crippen LogP contribution in [0.3, 0.4) is 0 Å². The van der Waals surface area contributed by atoms with E-state index in [2.05, 4.69) is 114 Å². The lowest BCUT2D eigenvalue weighted by Crippen LogP contribution is -2.43. The number of hydrogen-bond acceptors (Lipinski definition) is 3. The van der Waals surface area contributed by atoms with Crippen LogP contribution < -0.4 is 0 Å². The molecule has 0 aromatic heterocycles. The van der Waals surface area contributed by atoms with Gasteiger partial charge in [-0.25, -0.2) is 0 Å². The Morgan fingerprint density at radius 1 is 0.714 bits per heavy atom. The summed E-state index contributed by atoms with van der Waals surface area (Å²) >= 11 is 1.63. The topological polar surface area (TPSA) is 40.5 Å². The summed E-state index contributed by atoms with van der Waals surface area (Å²) in [5, 5.41) is 24.4. The van der Waals surface area contributed by atoms with Crippen molar-refractivity contribution in [1.29, 1.82) is 0 Å². The molecule has 0 heterocycles. The minimum atomic E-state index is -0.782. The van der Waals surface area contributed by atoms with Crippen molar-refractivity contribution in [3.8, 4) is 11.5 Å². The molecule has 0 fully saturated rings. The zero-order valence-electron chi connectivity index (χ0n) is 24.8. The molecule has 1 unspecified atom stereocenters. The first kappa shape index (κ1) is 29.3. The number of phenolic OH excluding ortho intramolecular Hbond substituents is 2. The molecular formula is C39H38O2S. The molecule has 0 amide bonds. The number of benzene rings is 5. The highest BCUT2D eigenvalue weighted by atomic mass is 32.2. The van der Waals surface area contributed by atoms with E-state index in [1.165, 1.54) is 0 Å². The Labute approximate surface area is 254 Å². The summed E-state index contributed by atoms with van der Waals surface area (Å²) < 4.78 is 0. The molecule has 0 spiro atoms. The summed E-state index contributed by atoms with van der Waals surface area (Å²) in [5.74, 6) is 0.552. The molecule has 42 heavy (non-hydrogen) atoms. The fourth-order valence-electron chi connectivity index (χ4n) is 6.45. The Hall–Kier alpha value is -4.21. The Balaban J connectivity index is 1.98. The predicted molar refractivity (Wildman–Crippen MR) is 180 cm³/mol. The Kier molecular flexibility index (Phi) is 8.08. The number of aromatic hydroxyl groups is 2. The Morgan fingerprint density at radius 2 is 1.38 bits per heavy atom. The molecule has 0 aliphatic heterocycles. The third-order valence-electron chi connectivity index (χ3n) is 8.31. The third-order valence-corrected chi connectivity index (χ3v) is 9.29. The molecule has 0 saturated carbocycles. The van der Waals surface area contributed by atoms with Gasteiger partial charge in [0.25, 0.3) is 0 Å².